The highest BCUT2D eigenvalue weighted by atomic mass is 35.5. The van der Waals surface area contributed by atoms with E-state index in [2.05, 4.69) is 15.0 Å². The van der Waals surface area contributed by atoms with E-state index in [4.69, 9.17) is 30.5 Å². The first-order valence-corrected chi connectivity index (χ1v) is 13.5. The van der Waals surface area contributed by atoms with Crippen molar-refractivity contribution in [3.63, 3.8) is 0 Å². The molecule has 4 heterocycles. The van der Waals surface area contributed by atoms with E-state index in [9.17, 15) is 18.8 Å². The Hall–Kier alpha value is -3.84. The summed E-state index contributed by atoms with van der Waals surface area (Å²) in [6.45, 7) is 4.69. The normalized spacial score (nSPS) is 24.3. The molecule has 12 nitrogen and oxygen atoms in total. The number of imidazole rings is 1. The largest absolute Gasteiger partial charge is 0.463 e. The van der Waals surface area contributed by atoms with Gasteiger partial charge < -0.3 is 23.8 Å². The summed E-state index contributed by atoms with van der Waals surface area (Å²) in [5, 5.41) is -0.0361. The van der Waals surface area contributed by atoms with Gasteiger partial charge in [-0.3, -0.25) is 19.0 Å². The molecule has 0 amide bonds. The Morgan fingerprint density at radius 2 is 1.80 bits per heavy atom. The Balaban J connectivity index is 1.31. The van der Waals surface area contributed by atoms with Crippen molar-refractivity contribution in [1.82, 2.24) is 19.5 Å². The third-order valence-corrected chi connectivity index (χ3v) is 7.84. The highest BCUT2D eigenvalue weighted by Crippen LogP contribution is 2.47. The van der Waals surface area contributed by atoms with E-state index in [1.54, 1.807) is 6.07 Å². The summed E-state index contributed by atoms with van der Waals surface area (Å²) in [6.07, 6.45) is -1.29. The number of esters is 3. The second-order valence-electron chi connectivity index (χ2n) is 10.7. The van der Waals surface area contributed by atoms with Crippen molar-refractivity contribution in [3.8, 4) is 0 Å². The summed E-state index contributed by atoms with van der Waals surface area (Å²) in [5.74, 6) is -1.49. The summed E-state index contributed by atoms with van der Waals surface area (Å²) < 4.78 is 38.2. The Bertz CT molecular complexity index is 1560. The number of nitrogens with zero attached hydrogens (tertiary/aromatic N) is 5. The van der Waals surface area contributed by atoms with Gasteiger partial charge in [0, 0.05) is 39.3 Å². The lowest BCUT2D eigenvalue weighted by Crippen LogP contribution is -2.57. The molecule has 1 aromatic carbocycles. The van der Waals surface area contributed by atoms with Crippen LogP contribution in [0.3, 0.4) is 0 Å². The van der Waals surface area contributed by atoms with Crippen LogP contribution in [0.2, 0.25) is 5.28 Å². The third kappa shape index (κ3) is 4.97. The fraction of sp³-hybridized carbons (Fsp3) is 0.481. The van der Waals surface area contributed by atoms with Gasteiger partial charge in [0.25, 0.3) is 0 Å². The Kier molecular flexibility index (Phi) is 6.81. The van der Waals surface area contributed by atoms with Crippen molar-refractivity contribution in [2.75, 3.05) is 24.6 Å². The molecule has 1 aliphatic carbocycles. The summed E-state index contributed by atoms with van der Waals surface area (Å²) in [5.41, 5.74) is 2.43. The molecule has 2 saturated heterocycles. The van der Waals surface area contributed by atoms with Crippen LogP contribution in [0.15, 0.2) is 24.5 Å². The first kappa shape index (κ1) is 27.3. The Morgan fingerprint density at radius 3 is 2.49 bits per heavy atom. The lowest BCUT2D eigenvalue weighted by molar-refractivity contribution is -0.166. The molecule has 3 aromatic rings. The van der Waals surface area contributed by atoms with Crippen molar-refractivity contribution < 1.29 is 37.7 Å². The molecule has 4 atom stereocenters. The first-order chi connectivity index (χ1) is 19.5. The molecule has 216 valence electrons. The molecule has 6 rings (SSSR count). The fourth-order valence-electron chi connectivity index (χ4n) is 6.14. The number of rotatable bonds is 6. The zero-order chi connectivity index (χ0) is 29.1. The minimum Gasteiger partial charge on any atom is -0.463 e. The maximum absolute atomic E-state index is 14.4. The van der Waals surface area contributed by atoms with Gasteiger partial charge in [0.05, 0.1) is 6.33 Å². The Morgan fingerprint density at radius 1 is 1.07 bits per heavy atom. The molecule has 0 bridgehead atoms. The summed E-state index contributed by atoms with van der Waals surface area (Å²) >= 11 is 6.37. The van der Waals surface area contributed by atoms with E-state index in [1.807, 2.05) is 11.0 Å². The van der Waals surface area contributed by atoms with Gasteiger partial charge in [0.2, 0.25) is 5.28 Å². The van der Waals surface area contributed by atoms with Crippen LogP contribution in [0.1, 0.15) is 38.1 Å². The number of anilines is 1. The molecule has 3 aliphatic rings. The minimum absolute atomic E-state index is 0.0361. The molecular formula is C27H27ClFN5O7. The topological polar surface area (TPSA) is 135 Å². The number of halogens is 2. The summed E-state index contributed by atoms with van der Waals surface area (Å²) in [4.78, 5) is 50.8. The van der Waals surface area contributed by atoms with Crippen molar-refractivity contribution in [1.29, 1.82) is 0 Å². The van der Waals surface area contributed by atoms with Crippen LogP contribution >= 0.6 is 11.6 Å². The molecule has 2 fully saturated rings. The minimum atomic E-state index is -1.11. The zero-order valence-electron chi connectivity index (χ0n) is 22.5. The maximum Gasteiger partial charge on any atom is 0.303 e. The number of carbonyl (C=O) groups excluding carboxylic acids is 3. The van der Waals surface area contributed by atoms with Crippen molar-refractivity contribution in [3.05, 3.63) is 46.8 Å². The smallest absolute Gasteiger partial charge is 0.303 e. The SMILES string of the molecule is CC(=O)OC[C@H]1O[C@@H](n2cnc3c(N4CC5(Cc6cccc(F)c6C5)C4)nc(Cl)nc32)[C@H](OC(C)=O)[C@@H]1OC(C)=O. The standard InChI is InChI=1S/C27H27ClFN5O7/c1-13(35)38-9-19-21(39-14(2)36)22(40-15(3)37)25(41-19)34-12-30-20-23(31-26(28)32-24(20)34)33-10-27(11-33)7-16-5-4-6-18(29)17(16)8-27/h4-6,12,19,21-22,25H,7-11H2,1-3H3/t19-,21-,22-,25-/m1/s1. The highest BCUT2D eigenvalue weighted by molar-refractivity contribution is 6.28. The molecule has 0 N–H and O–H groups in total. The number of ether oxygens (including phenoxy) is 4. The molecule has 2 aliphatic heterocycles. The van der Waals surface area contributed by atoms with Crippen molar-refractivity contribution in [2.24, 2.45) is 5.41 Å². The first-order valence-electron chi connectivity index (χ1n) is 13.1. The molecule has 41 heavy (non-hydrogen) atoms. The second-order valence-corrected chi connectivity index (χ2v) is 11.1. The summed E-state index contributed by atoms with van der Waals surface area (Å²) in [6, 6.07) is 5.20. The van der Waals surface area contributed by atoms with Crippen LogP contribution in [0.5, 0.6) is 0 Å². The third-order valence-electron chi connectivity index (χ3n) is 7.68. The van der Waals surface area contributed by atoms with E-state index < -0.39 is 42.4 Å². The number of fused-ring (bicyclic) bond motifs is 2. The van der Waals surface area contributed by atoms with Gasteiger partial charge >= 0.3 is 17.9 Å². The number of aromatic nitrogens is 4. The van der Waals surface area contributed by atoms with Gasteiger partial charge in [-0.2, -0.15) is 9.97 Å². The van der Waals surface area contributed by atoms with Gasteiger partial charge in [-0.15, -0.1) is 0 Å². The average Bonchev–Trinajstić information content (AvgIpc) is 3.56. The van der Waals surface area contributed by atoms with E-state index in [0.29, 0.717) is 36.5 Å². The number of hydrogen-bond acceptors (Lipinski definition) is 11. The average molecular weight is 588 g/mol. The van der Waals surface area contributed by atoms with Crippen LogP contribution in [-0.4, -0.2) is 75.4 Å². The predicted molar refractivity (Wildman–Crippen MR) is 140 cm³/mol. The summed E-state index contributed by atoms with van der Waals surface area (Å²) in [7, 11) is 0. The molecule has 2 aromatic heterocycles. The number of benzene rings is 1. The fourth-order valence-corrected chi connectivity index (χ4v) is 6.30. The van der Waals surface area contributed by atoms with Gasteiger partial charge in [-0.05, 0) is 41.6 Å². The zero-order valence-corrected chi connectivity index (χ0v) is 23.3. The predicted octanol–water partition coefficient (Wildman–Crippen LogP) is 2.55. The lowest BCUT2D eigenvalue weighted by atomic mass is 9.77. The molecule has 0 radical (unpaired) electrons. The number of hydrogen-bond donors (Lipinski definition) is 0. The quantitative estimate of drug-likeness (QED) is 0.239. The van der Waals surface area contributed by atoms with Crippen LogP contribution < -0.4 is 4.90 Å². The van der Waals surface area contributed by atoms with Crippen LogP contribution in [-0.2, 0) is 46.2 Å². The van der Waals surface area contributed by atoms with E-state index in [1.165, 1.54) is 37.7 Å². The molecular weight excluding hydrogens is 561 g/mol. The Labute approximate surface area is 238 Å². The van der Waals surface area contributed by atoms with Gasteiger partial charge in [0.1, 0.15) is 18.5 Å². The van der Waals surface area contributed by atoms with Crippen LogP contribution in [0.25, 0.3) is 11.2 Å². The second kappa shape index (κ2) is 10.2. The molecule has 14 heteroatoms. The van der Waals surface area contributed by atoms with Crippen LogP contribution in [0.4, 0.5) is 10.2 Å². The van der Waals surface area contributed by atoms with Crippen LogP contribution in [0, 0.1) is 11.2 Å². The van der Waals surface area contributed by atoms with Crippen molar-refractivity contribution in [2.45, 2.75) is 58.2 Å². The van der Waals surface area contributed by atoms with Gasteiger partial charge in [0.15, 0.2) is 35.4 Å². The maximum atomic E-state index is 14.4. The molecule has 0 saturated carbocycles. The number of carbonyl (C=O) groups is 3. The molecule has 1 spiro atoms. The van der Waals surface area contributed by atoms with E-state index in [-0.39, 0.29) is 23.1 Å². The highest BCUT2D eigenvalue weighted by Gasteiger charge is 2.52. The molecule has 0 unspecified atom stereocenters. The van der Waals surface area contributed by atoms with Gasteiger partial charge in [-0.1, -0.05) is 12.1 Å². The lowest BCUT2D eigenvalue weighted by Gasteiger charge is -2.49. The van der Waals surface area contributed by atoms with E-state index >= 15 is 0 Å². The van der Waals surface area contributed by atoms with E-state index in [0.717, 1.165) is 17.5 Å². The monoisotopic (exact) mass is 587 g/mol. The van der Waals surface area contributed by atoms with Crippen molar-refractivity contribution >= 4 is 46.5 Å². The van der Waals surface area contributed by atoms with Gasteiger partial charge in [-0.25, -0.2) is 9.37 Å².